The normalized spacial score (nSPS) is 11.8. The van der Waals surface area contributed by atoms with Crippen molar-refractivity contribution >= 4 is 11.8 Å². The second-order valence-electron chi connectivity index (χ2n) is 5.14. The highest BCUT2D eigenvalue weighted by Crippen LogP contribution is 2.17. The monoisotopic (exact) mass is 252 g/mol. The molecule has 0 saturated heterocycles. The summed E-state index contributed by atoms with van der Waals surface area (Å²) in [4.78, 5) is 4.52. The number of rotatable bonds is 6. The van der Waals surface area contributed by atoms with Crippen LogP contribution in [0, 0.1) is 13.8 Å². The molecule has 0 amide bonds. The summed E-state index contributed by atoms with van der Waals surface area (Å²) >= 11 is 1.83. The Kier molecular flexibility index (Phi) is 5.47. The van der Waals surface area contributed by atoms with Crippen LogP contribution in [0.3, 0.4) is 0 Å². The van der Waals surface area contributed by atoms with E-state index in [1.807, 2.05) is 11.8 Å². The fourth-order valence-electron chi connectivity index (χ4n) is 1.55. The molecule has 2 nitrogen and oxygen atoms in total. The Labute approximate surface area is 110 Å². The molecule has 1 N–H and O–H groups in total. The second-order valence-corrected chi connectivity index (χ2v) is 6.25. The van der Waals surface area contributed by atoms with Gasteiger partial charge in [0.05, 0.1) is 5.03 Å². The number of nitrogens with one attached hydrogen (secondary N) is 1. The summed E-state index contributed by atoms with van der Waals surface area (Å²) in [5, 5.41) is 4.70. The number of aryl methyl sites for hydroxylation is 2. The van der Waals surface area contributed by atoms with Crippen LogP contribution in [0.2, 0.25) is 0 Å². The first-order chi connectivity index (χ1) is 7.93. The van der Waals surface area contributed by atoms with Crippen molar-refractivity contribution in [2.45, 2.75) is 51.6 Å². The number of nitrogens with zero attached hydrogens (tertiary/aromatic N) is 1. The number of thioether (sulfide) groups is 1. The molecule has 0 unspecified atom stereocenters. The summed E-state index contributed by atoms with van der Waals surface area (Å²) in [6.07, 6.45) is 1.15. The summed E-state index contributed by atoms with van der Waals surface area (Å²) in [5.74, 6) is 1.07. The molecule has 1 heterocycles. The zero-order chi connectivity index (χ0) is 12.9. The van der Waals surface area contributed by atoms with Crippen LogP contribution >= 0.6 is 11.8 Å². The Hall–Kier alpha value is -0.540. The van der Waals surface area contributed by atoms with Crippen molar-refractivity contribution in [3.63, 3.8) is 0 Å². The molecule has 0 aliphatic carbocycles. The van der Waals surface area contributed by atoms with E-state index < -0.39 is 0 Å². The number of pyridine rings is 1. The number of hydrogen-bond acceptors (Lipinski definition) is 3. The van der Waals surface area contributed by atoms with Crippen LogP contribution in [-0.4, -0.2) is 22.8 Å². The van der Waals surface area contributed by atoms with Gasteiger partial charge >= 0.3 is 0 Å². The van der Waals surface area contributed by atoms with Gasteiger partial charge in [0.2, 0.25) is 0 Å². The van der Waals surface area contributed by atoms with E-state index in [1.54, 1.807) is 0 Å². The quantitative estimate of drug-likeness (QED) is 0.619. The molecule has 0 aromatic carbocycles. The summed E-state index contributed by atoms with van der Waals surface area (Å²) in [6, 6.07) is 4.27. The van der Waals surface area contributed by atoms with Crippen LogP contribution in [0.25, 0.3) is 0 Å². The van der Waals surface area contributed by atoms with Gasteiger partial charge in [-0.25, -0.2) is 4.98 Å². The summed E-state index contributed by atoms with van der Waals surface area (Å²) in [6.45, 7) is 11.9. The minimum Gasteiger partial charge on any atom is -0.311 e. The van der Waals surface area contributed by atoms with E-state index in [2.05, 4.69) is 57.1 Å². The third-order valence-corrected chi connectivity index (χ3v) is 3.83. The van der Waals surface area contributed by atoms with E-state index in [1.165, 1.54) is 5.56 Å². The van der Waals surface area contributed by atoms with Crippen LogP contribution in [0.15, 0.2) is 17.2 Å². The molecular formula is C14H24N2S. The summed E-state index contributed by atoms with van der Waals surface area (Å²) < 4.78 is 0. The van der Waals surface area contributed by atoms with Gasteiger partial charge in [0.25, 0.3) is 0 Å². The average molecular weight is 252 g/mol. The van der Waals surface area contributed by atoms with Crippen molar-refractivity contribution in [2.75, 3.05) is 12.3 Å². The van der Waals surface area contributed by atoms with Crippen LogP contribution in [0.4, 0.5) is 0 Å². The molecule has 0 radical (unpaired) electrons. The van der Waals surface area contributed by atoms with Crippen molar-refractivity contribution in [1.82, 2.24) is 10.3 Å². The maximum atomic E-state index is 4.52. The van der Waals surface area contributed by atoms with E-state index in [0.29, 0.717) is 0 Å². The van der Waals surface area contributed by atoms with Crippen molar-refractivity contribution in [3.8, 4) is 0 Å². The maximum Gasteiger partial charge on any atom is 0.0966 e. The van der Waals surface area contributed by atoms with Crippen LogP contribution < -0.4 is 5.32 Å². The van der Waals surface area contributed by atoms with Gasteiger partial charge < -0.3 is 5.32 Å². The second kappa shape index (κ2) is 6.41. The molecule has 96 valence electrons. The standard InChI is InChI=1S/C14H24N2S/c1-6-14(4,5)15-7-8-17-13-10-11(2)9-12(3)16-13/h9-10,15H,6-8H2,1-5H3. The average Bonchev–Trinajstić information content (AvgIpc) is 2.23. The van der Waals surface area contributed by atoms with Gasteiger partial charge in [0, 0.05) is 23.5 Å². The van der Waals surface area contributed by atoms with E-state index in [-0.39, 0.29) is 5.54 Å². The summed E-state index contributed by atoms with van der Waals surface area (Å²) in [5.41, 5.74) is 2.65. The van der Waals surface area contributed by atoms with Crippen molar-refractivity contribution < 1.29 is 0 Å². The smallest absolute Gasteiger partial charge is 0.0966 e. The van der Waals surface area contributed by atoms with Gasteiger partial charge in [-0.3, -0.25) is 0 Å². The molecule has 0 aliphatic rings. The lowest BCUT2D eigenvalue weighted by Crippen LogP contribution is -2.39. The molecule has 1 rings (SSSR count). The first kappa shape index (κ1) is 14.5. The molecule has 0 bridgehead atoms. The van der Waals surface area contributed by atoms with Gasteiger partial charge in [-0.15, -0.1) is 11.8 Å². The lowest BCUT2D eigenvalue weighted by Gasteiger charge is -2.24. The molecule has 3 heteroatoms. The van der Waals surface area contributed by atoms with E-state index in [9.17, 15) is 0 Å². The number of aromatic nitrogens is 1. The highest BCUT2D eigenvalue weighted by atomic mass is 32.2. The third kappa shape index (κ3) is 5.55. The molecule has 1 aromatic rings. The van der Waals surface area contributed by atoms with Gasteiger partial charge in [-0.1, -0.05) is 6.92 Å². The Morgan fingerprint density at radius 3 is 2.59 bits per heavy atom. The van der Waals surface area contributed by atoms with Crippen LogP contribution in [-0.2, 0) is 0 Å². The molecule has 0 fully saturated rings. The Morgan fingerprint density at radius 2 is 2.00 bits per heavy atom. The predicted octanol–water partition coefficient (Wildman–Crippen LogP) is 3.57. The molecule has 17 heavy (non-hydrogen) atoms. The first-order valence-corrected chi connectivity index (χ1v) is 7.24. The fourth-order valence-corrected chi connectivity index (χ4v) is 2.44. The van der Waals surface area contributed by atoms with Gasteiger partial charge in [0.15, 0.2) is 0 Å². The van der Waals surface area contributed by atoms with Gasteiger partial charge in [0.1, 0.15) is 0 Å². The van der Waals surface area contributed by atoms with Crippen LogP contribution in [0.5, 0.6) is 0 Å². The van der Waals surface area contributed by atoms with Crippen LogP contribution in [0.1, 0.15) is 38.4 Å². The molecular weight excluding hydrogens is 228 g/mol. The minimum atomic E-state index is 0.247. The zero-order valence-electron chi connectivity index (χ0n) is 11.6. The van der Waals surface area contributed by atoms with Gasteiger partial charge in [-0.05, 0) is 51.8 Å². The van der Waals surface area contributed by atoms with E-state index in [4.69, 9.17) is 0 Å². The van der Waals surface area contributed by atoms with Crippen molar-refractivity contribution in [3.05, 3.63) is 23.4 Å². The Bertz CT molecular complexity index is 341. The SMILES string of the molecule is CCC(C)(C)NCCSc1cc(C)cc(C)n1. The predicted molar refractivity (Wildman–Crippen MR) is 76.8 cm³/mol. The number of hydrogen-bond donors (Lipinski definition) is 1. The van der Waals surface area contributed by atoms with E-state index >= 15 is 0 Å². The molecule has 0 atom stereocenters. The minimum absolute atomic E-state index is 0.247. The maximum absolute atomic E-state index is 4.52. The van der Waals surface area contributed by atoms with E-state index in [0.717, 1.165) is 29.4 Å². The molecule has 1 aromatic heterocycles. The topological polar surface area (TPSA) is 24.9 Å². The molecule has 0 spiro atoms. The lowest BCUT2D eigenvalue weighted by molar-refractivity contribution is 0.388. The van der Waals surface area contributed by atoms with Gasteiger partial charge in [-0.2, -0.15) is 0 Å². The molecule has 0 aliphatic heterocycles. The van der Waals surface area contributed by atoms with Crippen molar-refractivity contribution in [2.24, 2.45) is 0 Å². The molecule has 0 saturated carbocycles. The van der Waals surface area contributed by atoms with Crippen molar-refractivity contribution in [1.29, 1.82) is 0 Å². The largest absolute Gasteiger partial charge is 0.311 e. The Balaban J connectivity index is 2.36. The third-order valence-electron chi connectivity index (χ3n) is 2.91. The highest BCUT2D eigenvalue weighted by molar-refractivity contribution is 7.99. The Morgan fingerprint density at radius 1 is 1.29 bits per heavy atom. The fraction of sp³-hybridized carbons (Fsp3) is 0.643. The highest BCUT2D eigenvalue weighted by Gasteiger charge is 2.12. The zero-order valence-corrected chi connectivity index (χ0v) is 12.4. The first-order valence-electron chi connectivity index (χ1n) is 6.26. The summed E-state index contributed by atoms with van der Waals surface area (Å²) in [7, 11) is 0. The lowest BCUT2D eigenvalue weighted by atomic mass is 10.0.